The molecule has 0 aliphatic heterocycles. The fourth-order valence-corrected chi connectivity index (χ4v) is 1.48. The van der Waals surface area contributed by atoms with E-state index in [1.165, 1.54) is 0 Å². The van der Waals surface area contributed by atoms with E-state index in [1.54, 1.807) is 6.07 Å². The van der Waals surface area contributed by atoms with Crippen molar-refractivity contribution in [3.8, 4) is 6.07 Å². The normalized spacial score (nSPS) is 11.1. The van der Waals surface area contributed by atoms with Crippen LogP contribution in [0.3, 0.4) is 0 Å². The number of allylic oxidation sites excluding steroid dienone is 1. The Labute approximate surface area is 103 Å². The summed E-state index contributed by atoms with van der Waals surface area (Å²) >= 11 is 0. The number of hydrogen-bond donors (Lipinski definition) is 0. The van der Waals surface area contributed by atoms with Crippen molar-refractivity contribution in [1.82, 2.24) is 4.98 Å². The zero-order valence-corrected chi connectivity index (χ0v) is 10.6. The molecule has 1 aromatic heterocycles. The Hall–Kier alpha value is -1.95. The summed E-state index contributed by atoms with van der Waals surface area (Å²) in [4.78, 5) is 8.65. The fourth-order valence-electron chi connectivity index (χ4n) is 1.48. The highest BCUT2D eigenvalue weighted by Crippen LogP contribution is 2.18. The minimum absolute atomic E-state index is 0.423. The molecule has 0 aliphatic rings. The van der Waals surface area contributed by atoms with E-state index in [0.717, 1.165) is 35.5 Å². The van der Waals surface area contributed by atoms with Crippen LogP contribution in [0.15, 0.2) is 29.3 Å². The maximum absolute atomic E-state index is 8.73. The van der Waals surface area contributed by atoms with E-state index in [-0.39, 0.29) is 0 Å². The van der Waals surface area contributed by atoms with Gasteiger partial charge >= 0.3 is 0 Å². The van der Waals surface area contributed by atoms with Crippen molar-refractivity contribution >= 4 is 11.4 Å². The molecular weight excluding hydrogens is 210 g/mol. The van der Waals surface area contributed by atoms with Crippen LogP contribution in [-0.4, -0.2) is 10.7 Å². The zero-order valence-electron chi connectivity index (χ0n) is 10.6. The molecule has 3 nitrogen and oxygen atoms in total. The standard InChI is InChI=1S/C14H17N3/c1-5-6-10(2)11(3)17-14-8-7-13(9-15)16-12(14)4/h7-8H,2,5-6H2,1,3-4H3/b17-11+. The largest absolute Gasteiger partial charge is 0.252 e. The van der Waals surface area contributed by atoms with E-state index in [9.17, 15) is 0 Å². The van der Waals surface area contributed by atoms with Crippen LogP contribution in [0.1, 0.15) is 38.1 Å². The fraction of sp³-hybridized carbons (Fsp3) is 0.357. The highest BCUT2D eigenvalue weighted by atomic mass is 14.8. The number of pyridine rings is 1. The molecule has 1 rings (SSSR count). The van der Waals surface area contributed by atoms with Crippen molar-refractivity contribution in [3.05, 3.63) is 35.7 Å². The predicted molar refractivity (Wildman–Crippen MR) is 70.5 cm³/mol. The Morgan fingerprint density at radius 2 is 2.24 bits per heavy atom. The molecule has 0 saturated carbocycles. The molecule has 17 heavy (non-hydrogen) atoms. The molecule has 88 valence electrons. The molecule has 0 N–H and O–H groups in total. The van der Waals surface area contributed by atoms with Crippen LogP contribution in [0.2, 0.25) is 0 Å². The Kier molecular flexibility index (Phi) is 4.59. The minimum Gasteiger partial charge on any atom is -0.252 e. The molecule has 0 aromatic carbocycles. The average Bonchev–Trinajstić information content (AvgIpc) is 2.31. The monoisotopic (exact) mass is 227 g/mol. The Balaban J connectivity index is 2.99. The van der Waals surface area contributed by atoms with Crippen LogP contribution in [-0.2, 0) is 0 Å². The minimum atomic E-state index is 0.423. The summed E-state index contributed by atoms with van der Waals surface area (Å²) < 4.78 is 0. The van der Waals surface area contributed by atoms with Crippen molar-refractivity contribution in [1.29, 1.82) is 5.26 Å². The van der Waals surface area contributed by atoms with E-state index < -0.39 is 0 Å². The van der Waals surface area contributed by atoms with Gasteiger partial charge in [-0.25, -0.2) is 4.98 Å². The molecule has 0 saturated heterocycles. The lowest BCUT2D eigenvalue weighted by Gasteiger charge is -2.05. The van der Waals surface area contributed by atoms with Crippen molar-refractivity contribution in [3.63, 3.8) is 0 Å². The highest BCUT2D eigenvalue weighted by Gasteiger charge is 2.02. The first kappa shape index (κ1) is 13.1. The third kappa shape index (κ3) is 3.53. The van der Waals surface area contributed by atoms with Gasteiger partial charge in [-0.05, 0) is 38.0 Å². The van der Waals surface area contributed by atoms with Gasteiger partial charge in [-0.1, -0.05) is 19.9 Å². The Morgan fingerprint density at radius 1 is 1.53 bits per heavy atom. The molecule has 0 radical (unpaired) electrons. The lowest BCUT2D eigenvalue weighted by Crippen LogP contribution is -1.96. The van der Waals surface area contributed by atoms with Crippen molar-refractivity contribution in [2.75, 3.05) is 0 Å². The van der Waals surface area contributed by atoms with Crippen LogP contribution < -0.4 is 0 Å². The molecule has 3 heteroatoms. The van der Waals surface area contributed by atoms with Gasteiger partial charge in [0.1, 0.15) is 11.8 Å². The second-order valence-corrected chi connectivity index (χ2v) is 3.96. The van der Waals surface area contributed by atoms with Gasteiger partial charge < -0.3 is 0 Å². The van der Waals surface area contributed by atoms with Gasteiger partial charge in [0.25, 0.3) is 0 Å². The number of aromatic nitrogens is 1. The lowest BCUT2D eigenvalue weighted by atomic mass is 10.1. The summed E-state index contributed by atoms with van der Waals surface area (Å²) in [5.41, 5.74) is 3.98. The highest BCUT2D eigenvalue weighted by molar-refractivity contribution is 5.99. The first-order chi connectivity index (χ1) is 8.08. The third-order valence-electron chi connectivity index (χ3n) is 2.52. The average molecular weight is 227 g/mol. The maximum Gasteiger partial charge on any atom is 0.140 e. The summed E-state index contributed by atoms with van der Waals surface area (Å²) in [6, 6.07) is 5.52. The second-order valence-electron chi connectivity index (χ2n) is 3.96. The first-order valence-electron chi connectivity index (χ1n) is 5.69. The molecule has 0 aliphatic carbocycles. The molecule has 0 unspecified atom stereocenters. The predicted octanol–water partition coefficient (Wildman–Crippen LogP) is 3.71. The molecule has 0 bridgehead atoms. The number of nitriles is 1. The van der Waals surface area contributed by atoms with Crippen molar-refractivity contribution < 1.29 is 0 Å². The number of aliphatic imine (C=N–C) groups is 1. The van der Waals surface area contributed by atoms with Gasteiger partial charge in [0.15, 0.2) is 0 Å². The number of rotatable bonds is 4. The van der Waals surface area contributed by atoms with Crippen LogP contribution in [0.25, 0.3) is 0 Å². The quantitative estimate of drug-likeness (QED) is 0.736. The molecule has 0 spiro atoms. The van der Waals surface area contributed by atoms with Gasteiger partial charge in [0, 0.05) is 5.71 Å². The Bertz CT molecular complexity index is 493. The van der Waals surface area contributed by atoms with Crippen LogP contribution in [0, 0.1) is 18.3 Å². The molecule has 1 heterocycles. The van der Waals surface area contributed by atoms with Crippen molar-refractivity contribution in [2.45, 2.75) is 33.6 Å². The Morgan fingerprint density at radius 3 is 2.76 bits per heavy atom. The van der Waals surface area contributed by atoms with Gasteiger partial charge in [-0.3, -0.25) is 4.99 Å². The van der Waals surface area contributed by atoms with Gasteiger partial charge in [0.2, 0.25) is 0 Å². The van der Waals surface area contributed by atoms with Crippen LogP contribution >= 0.6 is 0 Å². The molecule has 1 aromatic rings. The third-order valence-corrected chi connectivity index (χ3v) is 2.52. The van der Waals surface area contributed by atoms with Crippen LogP contribution in [0.5, 0.6) is 0 Å². The number of hydrogen-bond acceptors (Lipinski definition) is 3. The van der Waals surface area contributed by atoms with Gasteiger partial charge in [0.05, 0.1) is 11.4 Å². The van der Waals surface area contributed by atoms with E-state index in [1.807, 2.05) is 26.0 Å². The topological polar surface area (TPSA) is 49.0 Å². The van der Waals surface area contributed by atoms with Crippen molar-refractivity contribution in [2.24, 2.45) is 4.99 Å². The summed E-state index contributed by atoms with van der Waals surface area (Å²) in [5, 5.41) is 8.73. The summed E-state index contributed by atoms with van der Waals surface area (Å²) in [7, 11) is 0. The van der Waals surface area contributed by atoms with E-state index in [4.69, 9.17) is 5.26 Å². The summed E-state index contributed by atoms with van der Waals surface area (Å²) in [6.45, 7) is 9.93. The lowest BCUT2D eigenvalue weighted by molar-refractivity contribution is 0.937. The second kappa shape index (κ2) is 5.95. The first-order valence-corrected chi connectivity index (χ1v) is 5.69. The zero-order chi connectivity index (χ0) is 12.8. The number of nitrogens with zero attached hydrogens (tertiary/aromatic N) is 3. The molecule has 0 amide bonds. The van der Waals surface area contributed by atoms with E-state index in [0.29, 0.717) is 5.69 Å². The van der Waals surface area contributed by atoms with Gasteiger partial charge in [-0.2, -0.15) is 5.26 Å². The number of aryl methyl sites for hydroxylation is 1. The van der Waals surface area contributed by atoms with E-state index >= 15 is 0 Å². The SMILES string of the molecule is C=C(CCC)/C(C)=N/c1ccc(C#N)nc1C. The molecule has 0 atom stereocenters. The van der Waals surface area contributed by atoms with Gasteiger partial charge in [-0.15, -0.1) is 0 Å². The summed E-state index contributed by atoms with van der Waals surface area (Å²) in [5.74, 6) is 0. The summed E-state index contributed by atoms with van der Waals surface area (Å²) in [6.07, 6.45) is 2.02. The van der Waals surface area contributed by atoms with E-state index in [2.05, 4.69) is 23.5 Å². The maximum atomic E-state index is 8.73. The smallest absolute Gasteiger partial charge is 0.140 e. The molecular formula is C14H17N3. The van der Waals surface area contributed by atoms with Crippen LogP contribution in [0.4, 0.5) is 5.69 Å². The molecule has 0 fully saturated rings.